The summed E-state index contributed by atoms with van der Waals surface area (Å²) in [6.45, 7) is 0. The van der Waals surface area contributed by atoms with Crippen LogP contribution in [0.5, 0.6) is 0 Å². The van der Waals surface area contributed by atoms with Crippen LogP contribution < -0.4 is 0 Å². The van der Waals surface area contributed by atoms with Gasteiger partial charge in [-0.3, -0.25) is 4.79 Å². The maximum absolute atomic E-state index is 9.35. The minimum absolute atomic E-state index is 0.392. The molecule has 0 aliphatic heterocycles. The molecule has 2 radical (unpaired) electrons. The summed E-state index contributed by atoms with van der Waals surface area (Å²) in [5.41, 5.74) is 0. The Morgan fingerprint density at radius 3 is 2.33 bits per heavy atom. The fraction of sp³-hybridized carbons (Fsp3) is 0.500. The number of unbranched alkanes of at least 4 members (excludes halogenated alkanes) is 1. The topological polar surface area (TPSA) is 17.1 Å². The van der Waals surface area contributed by atoms with Gasteiger partial charge in [-0.1, -0.05) is 12.2 Å². The van der Waals surface area contributed by atoms with Crippen molar-refractivity contribution < 1.29 is 4.79 Å². The Bertz CT molecular complexity index is 43.5. The van der Waals surface area contributed by atoms with Crippen molar-refractivity contribution in [2.45, 2.75) is 12.8 Å². The third kappa shape index (κ3) is 3.76. The Hall–Kier alpha value is -0.240. The van der Waals surface area contributed by atoms with E-state index < -0.39 is 0 Å². The van der Waals surface area contributed by atoms with Gasteiger partial charge in [-0.15, -0.1) is 0 Å². The smallest absolute Gasteiger partial charge is 0.198 e. The number of hydrogen-bond donors (Lipinski definition) is 0. The first kappa shape index (κ1) is 5.76. The minimum atomic E-state index is 0.392. The van der Waals surface area contributed by atoms with Crippen LogP contribution in [-0.4, -0.2) is 11.7 Å². The van der Waals surface area contributed by atoms with Gasteiger partial charge in [0.2, 0.25) is 0 Å². The summed E-state index contributed by atoms with van der Waals surface area (Å²) in [6, 6.07) is 0. The first-order valence-corrected chi connectivity index (χ1v) is 2.02. The van der Waals surface area contributed by atoms with Crippen LogP contribution in [0.1, 0.15) is 12.8 Å². The molecule has 0 spiro atoms. The van der Waals surface area contributed by atoms with Crippen LogP contribution >= 0.6 is 12.2 Å². The van der Waals surface area contributed by atoms with Crippen LogP contribution in [-0.2, 0) is 4.79 Å². The lowest BCUT2D eigenvalue weighted by Crippen LogP contribution is -1.71. The van der Waals surface area contributed by atoms with Crippen molar-refractivity contribution in [1.82, 2.24) is 0 Å². The Kier molecular flexibility index (Phi) is 4.57. The number of thiocarbonyl (C=S) groups is 1. The molecule has 0 saturated heterocycles. The maximum atomic E-state index is 9.35. The summed E-state index contributed by atoms with van der Waals surface area (Å²) in [5.74, 6) is 0. The van der Waals surface area contributed by atoms with Gasteiger partial charge in [-0.05, 0) is 6.42 Å². The number of hydrogen-bond acceptors (Lipinski definition) is 2. The molecule has 0 fully saturated rings. The van der Waals surface area contributed by atoms with E-state index >= 15 is 0 Å². The zero-order valence-corrected chi connectivity index (χ0v) is 4.05. The highest BCUT2D eigenvalue weighted by atomic mass is 32.1. The van der Waals surface area contributed by atoms with E-state index in [1.807, 2.05) is 0 Å². The van der Waals surface area contributed by atoms with Gasteiger partial charge in [0.1, 0.15) is 0 Å². The standard InChI is InChI=1S/C4H4OS/c5-3-1-2-4-6/h1-2H2. The number of carbonyl (C=O) groups excluding carboxylic acids is 1. The monoisotopic (exact) mass is 100.0 g/mol. The predicted octanol–water partition coefficient (Wildman–Crippen LogP) is 0.753. The SMILES string of the molecule is O=[C]CC[C]=S. The quantitative estimate of drug-likeness (QED) is 0.384. The second-order valence-electron chi connectivity index (χ2n) is 0.789. The first-order valence-electron chi connectivity index (χ1n) is 1.62. The molecule has 0 saturated carbocycles. The molecular formula is C4H4OS. The van der Waals surface area contributed by atoms with Gasteiger partial charge in [0.15, 0.2) is 6.29 Å². The molecule has 0 bridgehead atoms. The van der Waals surface area contributed by atoms with Crippen molar-refractivity contribution in [2.24, 2.45) is 0 Å². The van der Waals surface area contributed by atoms with Crippen LogP contribution in [0.2, 0.25) is 0 Å². The third-order valence-corrected chi connectivity index (χ3v) is 0.533. The van der Waals surface area contributed by atoms with E-state index in [0.29, 0.717) is 12.8 Å². The summed E-state index contributed by atoms with van der Waals surface area (Å²) < 4.78 is 0. The van der Waals surface area contributed by atoms with Gasteiger partial charge in [-0.2, -0.15) is 0 Å². The average molecular weight is 100 g/mol. The van der Waals surface area contributed by atoms with Gasteiger partial charge in [0.05, 0.1) is 0 Å². The molecule has 0 aliphatic carbocycles. The Labute approximate surface area is 42.4 Å². The molecule has 6 heavy (non-hydrogen) atoms. The van der Waals surface area contributed by atoms with Crippen LogP contribution in [0, 0.1) is 0 Å². The van der Waals surface area contributed by atoms with Crippen molar-refractivity contribution in [3.8, 4) is 0 Å². The molecule has 0 unspecified atom stereocenters. The van der Waals surface area contributed by atoms with E-state index in [2.05, 4.69) is 17.6 Å². The van der Waals surface area contributed by atoms with Crippen molar-refractivity contribution in [3.05, 3.63) is 0 Å². The molecule has 2 heteroatoms. The fourth-order valence-corrected chi connectivity index (χ4v) is 0.204. The van der Waals surface area contributed by atoms with Crippen molar-refractivity contribution in [2.75, 3.05) is 0 Å². The molecule has 0 aromatic heterocycles. The highest BCUT2D eigenvalue weighted by molar-refractivity contribution is 7.78. The molecule has 0 amide bonds. The first-order chi connectivity index (χ1) is 2.91. The lowest BCUT2D eigenvalue weighted by Gasteiger charge is -1.68. The van der Waals surface area contributed by atoms with Crippen LogP contribution in [0.15, 0.2) is 0 Å². The summed E-state index contributed by atoms with van der Waals surface area (Å²) in [6.07, 6.45) is 2.64. The molecule has 0 rings (SSSR count). The Morgan fingerprint density at radius 1 is 1.50 bits per heavy atom. The lowest BCUT2D eigenvalue weighted by molar-refractivity contribution is 0.552. The fourth-order valence-electron chi connectivity index (χ4n) is 0.102. The molecule has 0 aromatic rings. The van der Waals surface area contributed by atoms with E-state index in [1.165, 1.54) is 0 Å². The second-order valence-corrected chi connectivity index (χ2v) is 1.08. The Morgan fingerprint density at radius 2 is 2.17 bits per heavy atom. The molecule has 0 N–H and O–H groups in total. The second kappa shape index (κ2) is 4.76. The van der Waals surface area contributed by atoms with Gasteiger partial charge < -0.3 is 0 Å². The molecule has 0 atom stereocenters. The highest BCUT2D eigenvalue weighted by Gasteiger charge is 1.74. The molecule has 0 heterocycles. The lowest BCUT2D eigenvalue weighted by atomic mass is 10.4. The molecular weight excluding hydrogens is 96.1 g/mol. The van der Waals surface area contributed by atoms with Gasteiger partial charge >= 0.3 is 0 Å². The maximum Gasteiger partial charge on any atom is 0.198 e. The average Bonchev–Trinajstić information content (AvgIpc) is 1.61. The van der Waals surface area contributed by atoms with E-state index in [1.54, 1.807) is 6.29 Å². The van der Waals surface area contributed by atoms with Crippen molar-refractivity contribution in [1.29, 1.82) is 0 Å². The third-order valence-electron chi connectivity index (χ3n) is 0.329. The highest BCUT2D eigenvalue weighted by Crippen LogP contribution is 1.75. The van der Waals surface area contributed by atoms with E-state index in [-0.39, 0.29) is 0 Å². The van der Waals surface area contributed by atoms with E-state index in [0.717, 1.165) is 0 Å². The van der Waals surface area contributed by atoms with Gasteiger partial charge in [0.25, 0.3) is 0 Å². The molecule has 0 aromatic carbocycles. The molecule has 0 aliphatic rings. The van der Waals surface area contributed by atoms with Crippen LogP contribution in [0.4, 0.5) is 0 Å². The van der Waals surface area contributed by atoms with Crippen LogP contribution in [0.3, 0.4) is 0 Å². The van der Waals surface area contributed by atoms with Crippen molar-refractivity contribution >= 4 is 23.9 Å². The summed E-state index contributed by atoms with van der Waals surface area (Å²) in [4.78, 5) is 9.35. The number of rotatable bonds is 3. The largest absolute Gasteiger partial charge is 0.291 e. The van der Waals surface area contributed by atoms with E-state index in [9.17, 15) is 4.79 Å². The van der Waals surface area contributed by atoms with Crippen LogP contribution in [0.25, 0.3) is 0 Å². The molecule has 1 nitrogen and oxygen atoms in total. The summed E-state index contributed by atoms with van der Waals surface area (Å²) >= 11 is 4.29. The zero-order chi connectivity index (χ0) is 4.83. The zero-order valence-electron chi connectivity index (χ0n) is 3.23. The normalized spacial score (nSPS) is 7.33. The Balaban J connectivity index is 2.66. The van der Waals surface area contributed by atoms with Gasteiger partial charge in [0, 0.05) is 11.8 Å². The van der Waals surface area contributed by atoms with E-state index in [4.69, 9.17) is 0 Å². The molecule has 32 valence electrons. The van der Waals surface area contributed by atoms with Gasteiger partial charge in [-0.25, -0.2) is 0 Å². The minimum Gasteiger partial charge on any atom is -0.291 e. The predicted molar refractivity (Wildman–Crippen MR) is 27.5 cm³/mol. The summed E-state index contributed by atoms with van der Waals surface area (Å²) in [7, 11) is 0. The summed E-state index contributed by atoms with van der Waals surface area (Å²) in [5, 5.41) is 2.39. The van der Waals surface area contributed by atoms with Crippen molar-refractivity contribution in [3.63, 3.8) is 0 Å².